The van der Waals surface area contributed by atoms with Crippen molar-refractivity contribution in [2.45, 2.75) is 26.2 Å². The summed E-state index contributed by atoms with van der Waals surface area (Å²) in [5, 5.41) is 12.9. The maximum absolute atomic E-state index is 12.9. The van der Waals surface area contributed by atoms with Crippen LogP contribution in [0.25, 0.3) is 6.08 Å². The van der Waals surface area contributed by atoms with Gasteiger partial charge in [-0.05, 0) is 54.5 Å². The van der Waals surface area contributed by atoms with Gasteiger partial charge >= 0.3 is 0 Å². The zero-order valence-electron chi connectivity index (χ0n) is 13.3. The topological polar surface area (TPSA) is 52.9 Å². The van der Waals surface area contributed by atoms with Crippen LogP contribution in [0.5, 0.6) is 0 Å². The maximum Gasteiger partial charge on any atom is 0.249 e. The van der Waals surface area contributed by atoms with Crippen LogP contribution >= 0.6 is 11.3 Å². The maximum atomic E-state index is 12.9. The molecule has 1 aliphatic rings. The average Bonchev–Trinajstić information content (AvgIpc) is 2.90. The Hall–Kier alpha value is -2.45. The van der Waals surface area contributed by atoms with Gasteiger partial charge in [0.1, 0.15) is 16.9 Å². The van der Waals surface area contributed by atoms with Crippen molar-refractivity contribution < 1.29 is 9.18 Å². The second-order valence-electron chi connectivity index (χ2n) is 6.04. The third-order valence-corrected chi connectivity index (χ3v) is 5.33. The van der Waals surface area contributed by atoms with Gasteiger partial charge in [-0.25, -0.2) is 4.39 Å². The minimum Gasteiger partial charge on any atom is -0.313 e. The summed E-state index contributed by atoms with van der Waals surface area (Å²) in [7, 11) is 0. The Bertz CT molecular complexity index is 830. The number of fused-ring (bicyclic) bond motifs is 1. The number of amides is 1. The molecular weight excluding hydrogens is 323 g/mol. The molecule has 1 aromatic carbocycles. The lowest BCUT2D eigenvalue weighted by atomic mass is 9.89. The Kier molecular flexibility index (Phi) is 4.77. The number of halogens is 1. The number of hydrogen-bond acceptors (Lipinski definition) is 3. The molecular formula is C19H17FN2OS. The Labute approximate surface area is 144 Å². The number of carbonyl (C=O) groups is 1. The smallest absolute Gasteiger partial charge is 0.249 e. The van der Waals surface area contributed by atoms with Crippen molar-refractivity contribution in [3.05, 3.63) is 57.7 Å². The van der Waals surface area contributed by atoms with Crippen molar-refractivity contribution in [2.24, 2.45) is 5.92 Å². The molecule has 0 radical (unpaired) electrons. The van der Waals surface area contributed by atoms with E-state index in [4.69, 9.17) is 0 Å². The van der Waals surface area contributed by atoms with E-state index in [1.54, 1.807) is 18.2 Å². The summed E-state index contributed by atoms with van der Waals surface area (Å²) >= 11 is 1.50. The lowest BCUT2D eigenvalue weighted by Gasteiger charge is -2.17. The van der Waals surface area contributed by atoms with Crippen molar-refractivity contribution in [3.63, 3.8) is 0 Å². The Morgan fingerprint density at radius 3 is 2.88 bits per heavy atom. The molecule has 0 saturated carbocycles. The summed E-state index contributed by atoms with van der Waals surface area (Å²) in [6.07, 6.45) is 5.97. The summed E-state index contributed by atoms with van der Waals surface area (Å²) in [6, 6.07) is 8.13. The normalized spacial score (nSPS) is 16.6. The highest BCUT2D eigenvalue weighted by molar-refractivity contribution is 7.16. The van der Waals surface area contributed by atoms with Crippen LogP contribution in [0, 0.1) is 23.1 Å². The Morgan fingerprint density at radius 1 is 1.42 bits per heavy atom. The summed E-state index contributed by atoms with van der Waals surface area (Å²) in [5.74, 6) is 0.0146. The zero-order chi connectivity index (χ0) is 17.1. The zero-order valence-corrected chi connectivity index (χ0v) is 14.1. The molecule has 1 aromatic heterocycles. The number of hydrogen-bond donors (Lipinski definition) is 1. The van der Waals surface area contributed by atoms with Crippen LogP contribution in [-0.4, -0.2) is 5.91 Å². The van der Waals surface area contributed by atoms with Crippen molar-refractivity contribution in [1.82, 2.24) is 0 Å². The fourth-order valence-electron chi connectivity index (χ4n) is 2.86. The number of nitrogens with zero attached hydrogens (tertiary/aromatic N) is 1. The highest BCUT2D eigenvalue weighted by Gasteiger charge is 2.24. The minimum absolute atomic E-state index is 0.289. The first kappa shape index (κ1) is 16.4. The van der Waals surface area contributed by atoms with E-state index in [2.05, 4.69) is 18.3 Å². The van der Waals surface area contributed by atoms with Crippen LogP contribution in [0.4, 0.5) is 9.39 Å². The molecule has 1 heterocycles. The van der Waals surface area contributed by atoms with Crippen LogP contribution in [0.2, 0.25) is 0 Å². The second kappa shape index (κ2) is 6.98. The third kappa shape index (κ3) is 3.55. The van der Waals surface area contributed by atoms with Gasteiger partial charge in [-0.2, -0.15) is 5.26 Å². The van der Waals surface area contributed by atoms with Gasteiger partial charge in [0.05, 0.1) is 5.56 Å². The number of nitriles is 1. The summed E-state index contributed by atoms with van der Waals surface area (Å²) in [5.41, 5.74) is 2.44. The van der Waals surface area contributed by atoms with Crippen LogP contribution in [-0.2, 0) is 17.6 Å². The average molecular weight is 340 g/mol. The van der Waals surface area contributed by atoms with Gasteiger partial charge in [-0.1, -0.05) is 19.1 Å². The molecule has 0 saturated heterocycles. The number of rotatable bonds is 3. The van der Waals surface area contributed by atoms with Crippen LogP contribution < -0.4 is 5.32 Å². The molecule has 0 unspecified atom stereocenters. The molecule has 0 aliphatic heterocycles. The van der Waals surface area contributed by atoms with Crippen molar-refractivity contribution >= 4 is 28.3 Å². The molecule has 3 nitrogen and oxygen atoms in total. The first-order chi connectivity index (χ1) is 11.6. The molecule has 5 heteroatoms. The van der Waals surface area contributed by atoms with E-state index < -0.39 is 0 Å². The van der Waals surface area contributed by atoms with E-state index in [-0.39, 0.29) is 11.7 Å². The lowest BCUT2D eigenvalue weighted by molar-refractivity contribution is -0.111. The number of nitrogens with one attached hydrogen (secondary N) is 1. The Morgan fingerprint density at radius 2 is 2.17 bits per heavy atom. The molecule has 24 heavy (non-hydrogen) atoms. The molecule has 0 spiro atoms. The quantitative estimate of drug-likeness (QED) is 0.834. The van der Waals surface area contributed by atoms with Crippen molar-refractivity contribution in [2.75, 3.05) is 5.32 Å². The van der Waals surface area contributed by atoms with E-state index in [9.17, 15) is 14.4 Å². The van der Waals surface area contributed by atoms with Gasteiger partial charge in [0.2, 0.25) is 5.91 Å². The fraction of sp³-hybridized carbons (Fsp3) is 0.263. The van der Waals surface area contributed by atoms with Gasteiger partial charge in [-0.3, -0.25) is 4.79 Å². The molecule has 1 N–H and O–H groups in total. The van der Waals surface area contributed by atoms with Gasteiger partial charge < -0.3 is 5.32 Å². The molecule has 0 bridgehead atoms. The SMILES string of the molecule is C[C@H]1CCc2c(sc(NC(=O)/C=C/c3ccc(F)cc3)c2C#N)C1. The number of anilines is 1. The van der Waals surface area contributed by atoms with E-state index in [1.165, 1.54) is 34.4 Å². The van der Waals surface area contributed by atoms with Crippen molar-refractivity contribution in [3.8, 4) is 6.07 Å². The first-order valence-corrected chi connectivity index (χ1v) is 8.67. The minimum atomic E-state index is -0.311. The largest absolute Gasteiger partial charge is 0.313 e. The summed E-state index contributed by atoms with van der Waals surface area (Å²) in [6.45, 7) is 2.21. The molecule has 1 atom stereocenters. The van der Waals surface area contributed by atoms with E-state index in [0.717, 1.165) is 30.4 Å². The Balaban J connectivity index is 1.75. The van der Waals surface area contributed by atoms with Gasteiger partial charge in [-0.15, -0.1) is 11.3 Å². The number of carbonyl (C=O) groups excluding carboxylic acids is 1. The van der Waals surface area contributed by atoms with Crippen molar-refractivity contribution in [1.29, 1.82) is 5.26 Å². The predicted molar refractivity (Wildman–Crippen MR) is 94.3 cm³/mol. The molecule has 3 rings (SSSR count). The van der Waals surface area contributed by atoms with E-state index >= 15 is 0 Å². The second-order valence-corrected chi connectivity index (χ2v) is 7.15. The highest BCUT2D eigenvalue weighted by atomic mass is 32.1. The highest BCUT2D eigenvalue weighted by Crippen LogP contribution is 2.39. The van der Waals surface area contributed by atoms with E-state index in [1.807, 2.05) is 0 Å². The first-order valence-electron chi connectivity index (χ1n) is 7.86. The monoisotopic (exact) mass is 340 g/mol. The third-order valence-electron chi connectivity index (χ3n) is 4.16. The number of benzene rings is 1. The molecule has 1 aliphatic carbocycles. The molecule has 0 fully saturated rings. The summed E-state index contributed by atoms with van der Waals surface area (Å²) < 4.78 is 12.9. The molecule has 122 valence electrons. The standard InChI is InChI=1S/C19H17FN2OS/c1-12-2-8-15-16(11-21)19(24-17(15)10-12)22-18(23)9-5-13-3-6-14(20)7-4-13/h3-7,9,12H,2,8,10H2,1H3,(H,22,23)/b9-5+/t12-/m0/s1. The van der Waals surface area contributed by atoms with Gasteiger partial charge in [0.25, 0.3) is 0 Å². The van der Waals surface area contributed by atoms with Crippen LogP contribution in [0.1, 0.15) is 34.9 Å². The van der Waals surface area contributed by atoms with Crippen LogP contribution in [0.15, 0.2) is 30.3 Å². The van der Waals surface area contributed by atoms with Gasteiger partial charge in [0.15, 0.2) is 0 Å². The molecule has 1 amide bonds. The summed E-state index contributed by atoms with van der Waals surface area (Å²) in [4.78, 5) is 13.3. The van der Waals surface area contributed by atoms with Crippen LogP contribution in [0.3, 0.4) is 0 Å². The molecule has 2 aromatic rings. The predicted octanol–water partition coefficient (Wildman–Crippen LogP) is 4.54. The number of thiophene rings is 1. The van der Waals surface area contributed by atoms with E-state index in [0.29, 0.717) is 16.5 Å². The van der Waals surface area contributed by atoms with Gasteiger partial charge in [0, 0.05) is 11.0 Å². The lowest BCUT2D eigenvalue weighted by Crippen LogP contribution is -2.10. The fourth-order valence-corrected chi connectivity index (χ4v) is 4.22.